The van der Waals surface area contributed by atoms with Gasteiger partial charge in [-0.3, -0.25) is 13.9 Å². The first-order chi connectivity index (χ1) is 4.59. The first kappa shape index (κ1) is 9.64. The molecule has 0 aliphatic heterocycles. The molecule has 0 rings (SSSR count). The summed E-state index contributed by atoms with van der Waals surface area (Å²) in [4.78, 5) is 20.6. The predicted molar refractivity (Wildman–Crippen MR) is 43.7 cm³/mol. The van der Waals surface area contributed by atoms with Crippen LogP contribution in [0.15, 0.2) is 0 Å². The molecule has 0 aliphatic rings. The number of rotatable bonds is 3. The van der Waals surface area contributed by atoms with Gasteiger partial charge in [0.1, 0.15) is 0 Å². The lowest BCUT2D eigenvalue weighted by Crippen LogP contribution is -2.37. The van der Waals surface area contributed by atoms with Gasteiger partial charge in [0.05, 0.1) is 0 Å². The largest absolute Gasteiger partial charge is 0.339 e. The molecule has 58 valence electrons. The van der Waals surface area contributed by atoms with Gasteiger partial charge in [0.25, 0.3) is 5.91 Å². The molecule has 0 radical (unpaired) electrons. The molecule has 0 saturated heterocycles. The monoisotopic (exact) mass is 180 g/mol. The Hall–Kier alpha value is -0.360. The number of nitrogens with zero attached hydrogens (tertiary/aromatic N) is 1. The smallest absolute Gasteiger partial charge is 0.264 e. The minimum absolute atomic E-state index is 0.376. The predicted octanol–water partition coefficient (Wildman–Crippen LogP) is -0.709. The van der Waals surface area contributed by atoms with Crippen molar-refractivity contribution in [2.24, 2.45) is 0 Å². The summed E-state index contributed by atoms with van der Waals surface area (Å²) in [6.07, 6.45) is 0.410. The highest BCUT2D eigenvalue weighted by atomic mass is 32.1. The summed E-state index contributed by atoms with van der Waals surface area (Å²) in [5.41, 5.74) is 0. The first-order valence-electron chi connectivity index (χ1n) is 2.43. The Morgan fingerprint density at radius 1 is 1.80 bits per heavy atom. The zero-order valence-electron chi connectivity index (χ0n) is 5.31. The Bertz CT molecular complexity index is 139. The van der Waals surface area contributed by atoms with Gasteiger partial charge < -0.3 is 5.32 Å². The van der Waals surface area contributed by atoms with E-state index >= 15 is 0 Å². The van der Waals surface area contributed by atoms with Crippen LogP contribution in [0, 0.1) is 0 Å². The van der Waals surface area contributed by atoms with Crippen LogP contribution in [0.2, 0.25) is 0 Å². The molecule has 1 unspecified atom stereocenters. The van der Waals surface area contributed by atoms with E-state index in [-0.39, 0.29) is 5.91 Å². The second kappa shape index (κ2) is 4.45. The lowest BCUT2D eigenvalue weighted by Gasteiger charge is -2.13. The molecule has 0 aromatic rings. The van der Waals surface area contributed by atoms with Gasteiger partial charge in [-0.25, -0.2) is 0 Å². The van der Waals surface area contributed by atoms with Gasteiger partial charge in [0.15, 0.2) is 5.37 Å². The maximum absolute atomic E-state index is 10.8. The maximum atomic E-state index is 10.8. The van der Waals surface area contributed by atoms with E-state index in [1.54, 1.807) is 0 Å². The van der Waals surface area contributed by atoms with Gasteiger partial charge in [0.2, 0.25) is 6.41 Å². The van der Waals surface area contributed by atoms with Crippen LogP contribution >= 0.6 is 25.4 Å². The van der Waals surface area contributed by atoms with E-state index in [0.717, 1.165) is 4.31 Å². The van der Waals surface area contributed by atoms with Crippen molar-refractivity contribution in [1.29, 1.82) is 0 Å². The number of amides is 2. The molecule has 0 aromatic heterocycles. The molecule has 0 heterocycles. The molecule has 0 aliphatic carbocycles. The summed E-state index contributed by atoms with van der Waals surface area (Å²) in [7, 11) is 1.46. The highest BCUT2D eigenvalue weighted by Crippen LogP contribution is 1.97. The standard InChI is InChI=1S/C4H8N2O2S2/c1-6(10)4(8)3(9)5-2-7/h2-3,9-10H,1H3,(H,5,7). The van der Waals surface area contributed by atoms with Crippen LogP contribution in [-0.4, -0.2) is 29.0 Å². The fraction of sp³-hybridized carbons (Fsp3) is 0.500. The van der Waals surface area contributed by atoms with Crippen molar-refractivity contribution in [1.82, 2.24) is 9.62 Å². The normalized spacial score (nSPS) is 11.9. The quantitative estimate of drug-likeness (QED) is 0.305. The molecule has 10 heavy (non-hydrogen) atoms. The Morgan fingerprint density at radius 2 is 2.30 bits per heavy atom. The third-order valence-electron chi connectivity index (χ3n) is 0.779. The Kier molecular flexibility index (Phi) is 4.29. The topological polar surface area (TPSA) is 49.4 Å². The van der Waals surface area contributed by atoms with E-state index in [1.807, 2.05) is 0 Å². The molecular weight excluding hydrogens is 172 g/mol. The van der Waals surface area contributed by atoms with Crippen LogP contribution in [0.25, 0.3) is 0 Å². The first-order valence-corrected chi connectivity index (χ1v) is 3.35. The van der Waals surface area contributed by atoms with Gasteiger partial charge in [-0.2, -0.15) is 0 Å². The Labute approximate surface area is 69.9 Å². The van der Waals surface area contributed by atoms with Crippen molar-refractivity contribution in [3.8, 4) is 0 Å². The average molecular weight is 180 g/mol. The Morgan fingerprint density at radius 3 is 2.60 bits per heavy atom. The van der Waals surface area contributed by atoms with Crippen LogP contribution in [0.3, 0.4) is 0 Å². The van der Waals surface area contributed by atoms with Crippen molar-refractivity contribution in [3.05, 3.63) is 0 Å². The van der Waals surface area contributed by atoms with Crippen molar-refractivity contribution < 1.29 is 9.59 Å². The minimum atomic E-state index is -0.806. The fourth-order valence-corrected chi connectivity index (χ4v) is 0.753. The molecule has 4 nitrogen and oxygen atoms in total. The molecule has 0 bridgehead atoms. The number of carbonyl (C=O) groups is 2. The van der Waals surface area contributed by atoms with Gasteiger partial charge in [-0.05, 0) is 0 Å². The lowest BCUT2D eigenvalue weighted by molar-refractivity contribution is -0.126. The molecular formula is C4H8N2O2S2. The van der Waals surface area contributed by atoms with Gasteiger partial charge in [0, 0.05) is 7.05 Å². The zero-order valence-corrected chi connectivity index (χ0v) is 7.10. The third-order valence-corrected chi connectivity index (χ3v) is 1.35. The number of nitrogens with one attached hydrogen (secondary N) is 1. The van der Waals surface area contributed by atoms with Crippen molar-refractivity contribution >= 4 is 37.8 Å². The second-order valence-electron chi connectivity index (χ2n) is 1.55. The van der Waals surface area contributed by atoms with Gasteiger partial charge in [-0.15, -0.1) is 12.6 Å². The van der Waals surface area contributed by atoms with E-state index in [0.29, 0.717) is 6.41 Å². The molecule has 6 heteroatoms. The molecule has 0 spiro atoms. The van der Waals surface area contributed by atoms with E-state index < -0.39 is 5.37 Å². The summed E-state index contributed by atoms with van der Waals surface area (Å²) >= 11 is 7.47. The van der Waals surface area contributed by atoms with Crippen LogP contribution in [0.5, 0.6) is 0 Å². The van der Waals surface area contributed by atoms with Crippen molar-refractivity contribution in [2.45, 2.75) is 5.37 Å². The summed E-state index contributed by atoms with van der Waals surface area (Å²) < 4.78 is 1.05. The highest BCUT2D eigenvalue weighted by Gasteiger charge is 2.14. The fourth-order valence-electron chi connectivity index (χ4n) is 0.313. The molecule has 0 aromatic carbocycles. The van der Waals surface area contributed by atoms with E-state index in [2.05, 4.69) is 30.8 Å². The van der Waals surface area contributed by atoms with E-state index in [4.69, 9.17) is 0 Å². The molecule has 1 atom stereocenters. The summed E-state index contributed by atoms with van der Waals surface area (Å²) in [5, 5.41) is 1.36. The number of hydrogen-bond acceptors (Lipinski definition) is 4. The zero-order chi connectivity index (χ0) is 8.15. The summed E-state index contributed by atoms with van der Waals surface area (Å²) in [6, 6.07) is 0. The van der Waals surface area contributed by atoms with Crippen molar-refractivity contribution in [3.63, 3.8) is 0 Å². The summed E-state index contributed by atoms with van der Waals surface area (Å²) in [5.74, 6) is -0.376. The Balaban J connectivity index is 3.81. The minimum Gasteiger partial charge on any atom is -0.339 e. The highest BCUT2D eigenvalue weighted by molar-refractivity contribution is 7.82. The maximum Gasteiger partial charge on any atom is 0.264 e. The SMILES string of the molecule is CN(S)C(=O)C(S)NC=O. The molecule has 0 fully saturated rings. The van der Waals surface area contributed by atoms with Crippen LogP contribution in [-0.2, 0) is 9.59 Å². The molecule has 0 saturated carbocycles. The van der Waals surface area contributed by atoms with E-state index in [1.165, 1.54) is 7.05 Å². The number of thiol groups is 2. The average Bonchev–Trinajstić information content (AvgIpc) is 1.87. The lowest BCUT2D eigenvalue weighted by atomic mass is 10.6. The number of hydrogen-bond donors (Lipinski definition) is 3. The van der Waals surface area contributed by atoms with E-state index in [9.17, 15) is 9.59 Å². The summed E-state index contributed by atoms with van der Waals surface area (Å²) in [6.45, 7) is 0. The van der Waals surface area contributed by atoms with Crippen LogP contribution in [0.1, 0.15) is 0 Å². The van der Waals surface area contributed by atoms with Crippen LogP contribution in [0.4, 0.5) is 0 Å². The third kappa shape index (κ3) is 2.98. The van der Waals surface area contributed by atoms with Gasteiger partial charge in [-0.1, -0.05) is 12.8 Å². The number of likely N-dealkylation sites (N-methyl/N-ethyl adjacent to an activating group) is 1. The molecule has 1 N–H and O–H groups in total. The second-order valence-corrected chi connectivity index (χ2v) is 2.67. The number of carbonyl (C=O) groups excluding carboxylic acids is 2. The van der Waals surface area contributed by atoms with Crippen molar-refractivity contribution in [2.75, 3.05) is 7.05 Å². The van der Waals surface area contributed by atoms with Gasteiger partial charge >= 0.3 is 0 Å². The molecule has 2 amide bonds. The van der Waals surface area contributed by atoms with Crippen LogP contribution < -0.4 is 5.32 Å².